The maximum atomic E-state index is 11.4. The van der Waals surface area contributed by atoms with Crippen LogP contribution in [0, 0.1) is 0 Å². The van der Waals surface area contributed by atoms with E-state index in [-0.39, 0.29) is 13.0 Å². The lowest BCUT2D eigenvalue weighted by Gasteiger charge is -2.49. The molecule has 4 rings (SSSR count). The summed E-state index contributed by atoms with van der Waals surface area (Å²) in [5.41, 5.74) is 0. The summed E-state index contributed by atoms with van der Waals surface area (Å²) in [5, 5.41) is 136. The van der Waals surface area contributed by atoms with Crippen molar-refractivity contribution >= 4 is 5.97 Å². The average Bonchev–Trinajstić information content (AvgIpc) is 3.17. The van der Waals surface area contributed by atoms with Crippen LogP contribution in [0.4, 0.5) is 0 Å². The first-order valence-corrected chi connectivity index (χ1v) is 17.5. The fourth-order valence-corrected chi connectivity index (χ4v) is 6.45. The van der Waals surface area contributed by atoms with Gasteiger partial charge in [-0.2, -0.15) is 0 Å². The number of esters is 1. The van der Waals surface area contributed by atoms with Crippen LogP contribution in [0.25, 0.3) is 0 Å². The molecule has 0 amide bonds. The third kappa shape index (κ3) is 10.4. The molecule has 0 unspecified atom stereocenters. The highest BCUT2D eigenvalue weighted by molar-refractivity contribution is 5.68. The van der Waals surface area contributed by atoms with Crippen LogP contribution in [-0.2, 0) is 47.4 Å². The number of rotatable bonds is 17. The minimum absolute atomic E-state index is 0.0334. The predicted octanol–water partition coefficient (Wildman–Crippen LogP) is -7.99. The summed E-state index contributed by atoms with van der Waals surface area (Å²) in [7, 11) is 1.26. The number of hydrogen-bond acceptors (Lipinski definition) is 23. The van der Waals surface area contributed by atoms with Gasteiger partial charge in [0.05, 0.1) is 33.5 Å². The highest BCUT2D eigenvalue weighted by Crippen LogP contribution is 2.35. The second kappa shape index (κ2) is 20.9. The Morgan fingerprint density at radius 1 is 0.463 bits per heavy atom. The van der Waals surface area contributed by atoms with E-state index in [1.54, 1.807) is 0 Å². The van der Waals surface area contributed by atoms with Gasteiger partial charge in [0, 0.05) is 13.0 Å². The van der Waals surface area contributed by atoms with E-state index in [1.807, 2.05) is 0 Å². The second-order valence-corrected chi connectivity index (χ2v) is 13.4. The van der Waals surface area contributed by atoms with E-state index in [2.05, 4.69) is 4.74 Å². The monoisotopic (exact) mass is 794 g/mol. The number of carbonyl (C=O) groups is 1. The standard InChI is InChI=1S/C31H54O23/c1-46-15(36)5-3-2-4-6-47-29-25(21(42)17(38)12(8-33)49-29)53-31-27(23(44)19(40)14(10-35)51-31)54-30-26(22(43)18(39)13(9-34)50-30)52-28-24(45)20(41)16(37)11(7-32)48-28/h11-14,16-35,37-45H,2-10H2,1H3/t11-,12-,13-,14-,16-,17-,18-,19-,20+,21+,22+,23+,24-,25-,26-,27-,28-,29+,30-,31-/m1/s1. The first kappa shape index (κ1) is 45.3. The van der Waals surface area contributed by atoms with Gasteiger partial charge in [-0.15, -0.1) is 0 Å². The quantitative estimate of drug-likeness (QED) is 0.0480. The third-order valence-electron chi connectivity index (χ3n) is 9.73. The molecule has 4 saturated heterocycles. The molecule has 0 aliphatic carbocycles. The van der Waals surface area contributed by atoms with Gasteiger partial charge in [-0.05, 0) is 12.8 Å². The molecule has 0 aromatic heterocycles. The molecule has 0 aromatic carbocycles. The largest absolute Gasteiger partial charge is 0.469 e. The Kier molecular flexibility index (Phi) is 17.5. The van der Waals surface area contributed by atoms with Crippen LogP contribution < -0.4 is 0 Å². The maximum Gasteiger partial charge on any atom is 0.305 e. The molecule has 13 N–H and O–H groups in total. The summed E-state index contributed by atoms with van der Waals surface area (Å²) >= 11 is 0. The van der Waals surface area contributed by atoms with Gasteiger partial charge in [-0.3, -0.25) is 4.79 Å². The van der Waals surface area contributed by atoms with Gasteiger partial charge in [0.15, 0.2) is 25.2 Å². The molecule has 4 heterocycles. The van der Waals surface area contributed by atoms with E-state index in [4.69, 9.17) is 37.9 Å². The first-order valence-electron chi connectivity index (χ1n) is 17.5. The summed E-state index contributed by atoms with van der Waals surface area (Å²) < 4.78 is 50.3. The Bertz CT molecular complexity index is 1120. The number of methoxy groups -OCH3 is 1. The zero-order valence-electron chi connectivity index (χ0n) is 29.3. The molecule has 0 bridgehead atoms. The molecule has 0 radical (unpaired) electrons. The van der Waals surface area contributed by atoms with Gasteiger partial charge in [0.25, 0.3) is 0 Å². The van der Waals surface area contributed by atoms with Crippen molar-refractivity contribution in [1.29, 1.82) is 0 Å². The summed E-state index contributed by atoms with van der Waals surface area (Å²) in [5.74, 6) is -0.399. The smallest absolute Gasteiger partial charge is 0.305 e. The van der Waals surface area contributed by atoms with Crippen molar-refractivity contribution in [1.82, 2.24) is 0 Å². The summed E-state index contributed by atoms with van der Waals surface area (Å²) in [6.45, 7) is -3.41. The number of carbonyl (C=O) groups excluding carboxylic acids is 1. The fourth-order valence-electron chi connectivity index (χ4n) is 6.45. The van der Waals surface area contributed by atoms with Crippen LogP contribution >= 0.6 is 0 Å². The van der Waals surface area contributed by atoms with Crippen molar-refractivity contribution in [2.75, 3.05) is 40.1 Å². The van der Waals surface area contributed by atoms with E-state index in [0.717, 1.165) is 0 Å². The SMILES string of the molecule is COC(=O)CCCCCO[C@H]1O[C@H](CO)[C@@H](O)[C@H](O)[C@H]1O[C@H]1O[C@H](CO)[C@@H](O)[C@H](O)[C@H]1O[C@H]1O[C@H](CO)[C@@H](O)[C@H](O)[C@H]1O[C@H]1O[C@H](CO)[C@@H](O)[C@H](O)[C@H]1O. The Balaban J connectivity index is 1.58. The van der Waals surface area contributed by atoms with E-state index < -0.39 is 155 Å². The van der Waals surface area contributed by atoms with Crippen LogP contribution in [0.2, 0.25) is 0 Å². The minimum Gasteiger partial charge on any atom is -0.469 e. The van der Waals surface area contributed by atoms with E-state index in [9.17, 15) is 71.2 Å². The molecule has 23 nitrogen and oxygen atoms in total. The Hall–Kier alpha value is -1.37. The highest BCUT2D eigenvalue weighted by Gasteiger charge is 2.56. The van der Waals surface area contributed by atoms with Gasteiger partial charge in [-0.1, -0.05) is 6.42 Å². The van der Waals surface area contributed by atoms with Crippen LogP contribution in [0.15, 0.2) is 0 Å². The molecule has 4 aliphatic rings. The van der Waals surface area contributed by atoms with Crippen molar-refractivity contribution < 1.29 is 114 Å². The van der Waals surface area contributed by atoms with Crippen molar-refractivity contribution in [3.8, 4) is 0 Å². The molecule has 4 fully saturated rings. The van der Waals surface area contributed by atoms with Crippen LogP contribution in [0.3, 0.4) is 0 Å². The topological polar surface area (TPSA) is 363 Å². The molecule has 0 spiro atoms. The maximum absolute atomic E-state index is 11.4. The predicted molar refractivity (Wildman–Crippen MR) is 168 cm³/mol. The van der Waals surface area contributed by atoms with Gasteiger partial charge in [-0.25, -0.2) is 0 Å². The Labute approximate surface area is 308 Å². The van der Waals surface area contributed by atoms with Gasteiger partial charge >= 0.3 is 5.97 Å². The lowest BCUT2D eigenvalue weighted by molar-refractivity contribution is -0.406. The van der Waals surface area contributed by atoms with Crippen molar-refractivity contribution in [2.45, 2.75) is 149 Å². The molecule has 0 aromatic rings. The summed E-state index contributed by atoms with van der Waals surface area (Å²) in [4.78, 5) is 11.4. The van der Waals surface area contributed by atoms with Crippen molar-refractivity contribution in [3.05, 3.63) is 0 Å². The zero-order chi connectivity index (χ0) is 39.9. The van der Waals surface area contributed by atoms with E-state index in [0.29, 0.717) is 19.3 Å². The molecule has 54 heavy (non-hydrogen) atoms. The molecule has 0 saturated carbocycles. The number of ether oxygens (including phenoxy) is 9. The summed E-state index contributed by atoms with van der Waals surface area (Å²) in [6.07, 6.45) is -34.4. The third-order valence-corrected chi connectivity index (χ3v) is 9.73. The summed E-state index contributed by atoms with van der Waals surface area (Å²) in [6, 6.07) is 0. The van der Waals surface area contributed by atoms with Gasteiger partial charge in [0.1, 0.15) is 97.7 Å². The molecule has 316 valence electrons. The molecule has 20 atom stereocenters. The lowest BCUT2D eigenvalue weighted by Crippen LogP contribution is -2.68. The normalized spacial score (nSPS) is 46.0. The van der Waals surface area contributed by atoms with Crippen LogP contribution in [0.5, 0.6) is 0 Å². The average molecular weight is 795 g/mol. The minimum atomic E-state index is -2.03. The van der Waals surface area contributed by atoms with Crippen LogP contribution in [-0.4, -0.2) is 235 Å². The van der Waals surface area contributed by atoms with Crippen molar-refractivity contribution in [2.24, 2.45) is 0 Å². The number of aliphatic hydroxyl groups excluding tert-OH is 13. The van der Waals surface area contributed by atoms with Crippen molar-refractivity contribution in [3.63, 3.8) is 0 Å². The van der Waals surface area contributed by atoms with Gasteiger partial charge < -0.3 is 109 Å². The van der Waals surface area contributed by atoms with E-state index in [1.165, 1.54) is 7.11 Å². The molecular weight excluding hydrogens is 740 g/mol. The van der Waals surface area contributed by atoms with E-state index >= 15 is 0 Å². The highest BCUT2D eigenvalue weighted by atomic mass is 16.8. The second-order valence-electron chi connectivity index (χ2n) is 13.4. The van der Waals surface area contributed by atoms with Gasteiger partial charge in [0.2, 0.25) is 0 Å². The lowest BCUT2D eigenvalue weighted by atomic mass is 9.96. The number of unbranched alkanes of at least 4 members (excludes halogenated alkanes) is 2. The molecular formula is C31H54O23. The Morgan fingerprint density at radius 2 is 0.833 bits per heavy atom. The number of aliphatic hydroxyl groups is 13. The Morgan fingerprint density at radius 3 is 1.26 bits per heavy atom. The molecule has 4 aliphatic heterocycles. The molecule has 23 heteroatoms. The number of hydrogen-bond donors (Lipinski definition) is 13. The first-order chi connectivity index (χ1) is 25.7. The van der Waals surface area contributed by atoms with Crippen LogP contribution in [0.1, 0.15) is 25.7 Å². The zero-order valence-corrected chi connectivity index (χ0v) is 29.3. The fraction of sp³-hybridized carbons (Fsp3) is 0.968.